The molecule has 2 atom stereocenters. The minimum Gasteiger partial charge on any atom is -0.380 e. The molecule has 1 aromatic rings. The molecule has 3 nitrogen and oxygen atoms in total. The number of aromatic nitrogens is 1. The first-order valence-electron chi connectivity index (χ1n) is 6.46. The zero-order valence-corrected chi connectivity index (χ0v) is 10.7. The molecule has 2 rings (SSSR count). The third kappa shape index (κ3) is 3.27. The fraction of sp³-hybridized carbons (Fsp3) is 0.643. The lowest BCUT2D eigenvalue weighted by Crippen LogP contribution is -2.39. The van der Waals surface area contributed by atoms with E-state index >= 15 is 0 Å². The van der Waals surface area contributed by atoms with Crippen molar-refractivity contribution in [1.29, 1.82) is 0 Å². The van der Waals surface area contributed by atoms with Crippen LogP contribution in [0, 0.1) is 5.92 Å². The van der Waals surface area contributed by atoms with Crippen molar-refractivity contribution in [2.45, 2.75) is 44.8 Å². The van der Waals surface area contributed by atoms with Gasteiger partial charge < -0.3 is 10.5 Å². The Hall–Kier alpha value is -0.930. The highest BCUT2D eigenvalue weighted by Crippen LogP contribution is 2.35. The number of hydrogen-bond acceptors (Lipinski definition) is 3. The second kappa shape index (κ2) is 5.61. The fourth-order valence-corrected chi connectivity index (χ4v) is 2.28. The van der Waals surface area contributed by atoms with Gasteiger partial charge in [0.1, 0.15) is 0 Å². The highest BCUT2D eigenvalue weighted by Gasteiger charge is 2.35. The average Bonchev–Trinajstić information content (AvgIpc) is 3.15. The van der Waals surface area contributed by atoms with Gasteiger partial charge in [-0.3, -0.25) is 4.98 Å². The molecule has 0 radical (unpaired) electrons. The summed E-state index contributed by atoms with van der Waals surface area (Å²) < 4.78 is 5.50. The third-order valence-electron chi connectivity index (χ3n) is 3.52. The Labute approximate surface area is 103 Å². The maximum absolute atomic E-state index is 6.21. The van der Waals surface area contributed by atoms with E-state index in [1.54, 1.807) is 7.11 Å². The Bertz CT molecular complexity index is 346. The Morgan fingerprint density at radius 3 is 2.71 bits per heavy atom. The number of hydrogen-bond donors (Lipinski definition) is 1. The van der Waals surface area contributed by atoms with E-state index in [9.17, 15) is 0 Å². The molecule has 1 aliphatic rings. The Kier molecular flexibility index (Phi) is 4.13. The first-order valence-corrected chi connectivity index (χ1v) is 6.46. The van der Waals surface area contributed by atoms with Crippen molar-refractivity contribution in [1.82, 2.24) is 4.98 Å². The second-order valence-corrected chi connectivity index (χ2v) is 4.92. The molecule has 1 heterocycles. The van der Waals surface area contributed by atoms with E-state index in [0.717, 1.165) is 18.5 Å². The van der Waals surface area contributed by atoms with Crippen molar-refractivity contribution in [3.8, 4) is 0 Å². The van der Waals surface area contributed by atoms with Gasteiger partial charge in [0.2, 0.25) is 0 Å². The Morgan fingerprint density at radius 1 is 1.47 bits per heavy atom. The molecular weight excluding hydrogens is 212 g/mol. The number of nitrogens with zero attached hydrogens (tertiary/aromatic N) is 1. The zero-order valence-electron chi connectivity index (χ0n) is 10.7. The van der Waals surface area contributed by atoms with Gasteiger partial charge in [0, 0.05) is 31.5 Å². The van der Waals surface area contributed by atoms with E-state index in [2.05, 4.69) is 24.0 Å². The summed E-state index contributed by atoms with van der Waals surface area (Å²) in [7, 11) is 1.76. The normalized spacial score (nSPS) is 19.0. The summed E-state index contributed by atoms with van der Waals surface area (Å²) in [5.74, 6) is 0.671. The van der Waals surface area contributed by atoms with Crippen LogP contribution in [0.25, 0.3) is 0 Å². The van der Waals surface area contributed by atoms with Gasteiger partial charge in [0.05, 0.1) is 6.10 Å². The van der Waals surface area contributed by atoms with Crippen LogP contribution in [0.4, 0.5) is 0 Å². The predicted molar refractivity (Wildman–Crippen MR) is 68.8 cm³/mol. The highest BCUT2D eigenvalue weighted by atomic mass is 16.5. The zero-order chi connectivity index (χ0) is 12.3. The first-order chi connectivity index (χ1) is 8.24. The SMILES string of the molecule is CCc1ccc(CC(N)C(OC)C2CC2)nc1. The quantitative estimate of drug-likeness (QED) is 0.818. The van der Waals surface area contributed by atoms with Crippen LogP contribution in [0.15, 0.2) is 18.3 Å². The van der Waals surface area contributed by atoms with Crippen molar-refractivity contribution in [3.63, 3.8) is 0 Å². The van der Waals surface area contributed by atoms with E-state index in [1.807, 2.05) is 6.20 Å². The standard InChI is InChI=1S/C14H22N2O/c1-3-10-4-7-12(16-9-10)8-13(15)14(17-2)11-5-6-11/h4,7,9,11,13-14H,3,5-6,8,15H2,1-2H3. The summed E-state index contributed by atoms with van der Waals surface area (Å²) in [5, 5.41) is 0. The van der Waals surface area contributed by atoms with Crippen molar-refractivity contribution in [3.05, 3.63) is 29.6 Å². The number of pyridine rings is 1. The number of aryl methyl sites for hydroxylation is 1. The second-order valence-electron chi connectivity index (χ2n) is 4.92. The molecule has 1 saturated carbocycles. The number of methoxy groups -OCH3 is 1. The largest absolute Gasteiger partial charge is 0.380 e. The smallest absolute Gasteiger partial charge is 0.0754 e. The van der Waals surface area contributed by atoms with Crippen LogP contribution in [-0.4, -0.2) is 24.2 Å². The molecule has 3 heteroatoms. The van der Waals surface area contributed by atoms with Gasteiger partial charge in [-0.15, -0.1) is 0 Å². The van der Waals surface area contributed by atoms with Gasteiger partial charge in [-0.1, -0.05) is 13.0 Å². The summed E-state index contributed by atoms with van der Waals surface area (Å²) in [6.45, 7) is 2.14. The van der Waals surface area contributed by atoms with Crippen molar-refractivity contribution >= 4 is 0 Å². The molecule has 0 saturated heterocycles. The predicted octanol–water partition coefficient (Wildman–Crippen LogP) is 1.94. The van der Waals surface area contributed by atoms with Crippen LogP contribution in [0.1, 0.15) is 31.0 Å². The van der Waals surface area contributed by atoms with E-state index in [4.69, 9.17) is 10.5 Å². The van der Waals surface area contributed by atoms with Gasteiger partial charge in [0.25, 0.3) is 0 Å². The minimum atomic E-state index is 0.0625. The topological polar surface area (TPSA) is 48.1 Å². The lowest BCUT2D eigenvalue weighted by atomic mass is 10.0. The third-order valence-corrected chi connectivity index (χ3v) is 3.52. The number of rotatable bonds is 6. The molecule has 0 aliphatic heterocycles. The maximum atomic E-state index is 6.21. The van der Waals surface area contributed by atoms with Crippen LogP contribution >= 0.6 is 0 Å². The fourth-order valence-electron chi connectivity index (χ4n) is 2.28. The van der Waals surface area contributed by atoms with Crippen LogP contribution in [0.3, 0.4) is 0 Å². The van der Waals surface area contributed by atoms with Gasteiger partial charge in [-0.25, -0.2) is 0 Å². The molecule has 0 aromatic carbocycles. The van der Waals surface area contributed by atoms with Gasteiger partial charge in [-0.05, 0) is 36.8 Å². The molecule has 0 spiro atoms. The molecule has 1 aromatic heterocycles. The number of nitrogens with two attached hydrogens (primary N) is 1. The van der Waals surface area contributed by atoms with Crippen LogP contribution in [0.5, 0.6) is 0 Å². The van der Waals surface area contributed by atoms with Crippen LogP contribution in [0.2, 0.25) is 0 Å². The van der Waals surface area contributed by atoms with E-state index < -0.39 is 0 Å². The lowest BCUT2D eigenvalue weighted by molar-refractivity contribution is 0.0624. The Balaban J connectivity index is 1.93. The summed E-state index contributed by atoms with van der Waals surface area (Å²) in [4.78, 5) is 4.45. The summed E-state index contributed by atoms with van der Waals surface area (Å²) in [6, 6.07) is 4.28. The minimum absolute atomic E-state index is 0.0625. The summed E-state index contributed by atoms with van der Waals surface area (Å²) in [6.07, 6.45) is 6.49. The maximum Gasteiger partial charge on any atom is 0.0754 e. The highest BCUT2D eigenvalue weighted by molar-refractivity contribution is 5.15. The molecule has 1 fully saturated rings. The van der Waals surface area contributed by atoms with E-state index in [-0.39, 0.29) is 12.1 Å². The molecule has 0 bridgehead atoms. The van der Waals surface area contributed by atoms with E-state index in [1.165, 1.54) is 18.4 Å². The summed E-state index contributed by atoms with van der Waals surface area (Å²) >= 11 is 0. The van der Waals surface area contributed by atoms with Gasteiger partial charge in [0.15, 0.2) is 0 Å². The molecule has 1 aliphatic carbocycles. The summed E-state index contributed by atoms with van der Waals surface area (Å²) in [5.41, 5.74) is 8.55. The monoisotopic (exact) mass is 234 g/mol. The van der Waals surface area contributed by atoms with Crippen molar-refractivity contribution in [2.24, 2.45) is 11.7 Å². The molecule has 0 amide bonds. The molecule has 17 heavy (non-hydrogen) atoms. The van der Waals surface area contributed by atoms with E-state index in [0.29, 0.717) is 5.92 Å². The molecule has 94 valence electrons. The van der Waals surface area contributed by atoms with Crippen LogP contribution < -0.4 is 5.73 Å². The molecular formula is C14H22N2O. The molecule has 2 N–H and O–H groups in total. The van der Waals surface area contributed by atoms with Crippen molar-refractivity contribution in [2.75, 3.05) is 7.11 Å². The molecule has 2 unspecified atom stereocenters. The Morgan fingerprint density at radius 2 is 2.24 bits per heavy atom. The lowest BCUT2D eigenvalue weighted by Gasteiger charge is -2.22. The first kappa shape index (κ1) is 12.5. The van der Waals surface area contributed by atoms with Gasteiger partial charge in [-0.2, -0.15) is 0 Å². The number of ether oxygens (including phenoxy) is 1. The van der Waals surface area contributed by atoms with Crippen LogP contribution in [-0.2, 0) is 17.6 Å². The van der Waals surface area contributed by atoms with Crippen molar-refractivity contribution < 1.29 is 4.74 Å². The average molecular weight is 234 g/mol. The van der Waals surface area contributed by atoms with Gasteiger partial charge >= 0.3 is 0 Å².